The molecule has 1 fully saturated rings. The summed E-state index contributed by atoms with van der Waals surface area (Å²) in [6, 6.07) is 7.58. The first-order valence-electron chi connectivity index (χ1n) is 7.65. The molecule has 2 unspecified atom stereocenters. The number of rotatable bonds is 4. The fourth-order valence-electron chi connectivity index (χ4n) is 3.32. The van der Waals surface area contributed by atoms with Gasteiger partial charge in [0.1, 0.15) is 0 Å². The van der Waals surface area contributed by atoms with Gasteiger partial charge >= 0.3 is 0 Å². The van der Waals surface area contributed by atoms with E-state index in [1.807, 2.05) is 0 Å². The Labute approximate surface area is 121 Å². The van der Waals surface area contributed by atoms with Crippen LogP contribution in [0, 0.1) is 0 Å². The van der Waals surface area contributed by atoms with E-state index in [-0.39, 0.29) is 0 Å². The quantitative estimate of drug-likeness (QED) is 0.887. The molecule has 0 radical (unpaired) electrons. The summed E-state index contributed by atoms with van der Waals surface area (Å²) in [5, 5.41) is 3.75. The van der Waals surface area contributed by atoms with Crippen molar-refractivity contribution in [2.75, 3.05) is 12.3 Å². The molecule has 1 aliphatic carbocycles. The zero-order chi connectivity index (χ0) is 13.3. The molecule has 1 heterocycles. The minimum Gasteiger partial charge on any atom is -0.309 e. The van der Waals surface area contributed by atoms with E-state index in [0.717, 1.165) is 6.54 Å². The van der Waals surface area contributed by atoms with Crippen molar-refractivity contribution in [2.45, 2.75) is 56.7 Å². The Balaban J connectivity index is 1.62. The predicted octanol–water partition coefficient (Wildman–Crippen LogP) is 4.11. The van der Waals surface area contributed by atoms with Crippen molar-refractivity contribution in [3.63, 3.8) is 0 Å². The molecular weight excluding hydrogens is 250 g/mol. The van der Waals surface area contributed by atoms with Gasteiger partial charge in [-0.2, -0.15) is 11.8 Å². The van der Waals surface area contributed by atoms with Crippen LogP contribution in [0.4, 0.5) is 0 Å². The van der Waals surface area contributed by atoms with Gasteiger partial charge in [0.05, 0.1) is 0 Å². The molecule has 2 atom stereocenters. The highest BCUT2D eigenvalue weighted by atomic mass is 32.2. The summed E-state index contributed by atoms with van der Waals surface area (Å²) in [6.07, 6.45) is 6.66. The molecule has 1 aliphatic heterocycles. The van der Waals surface area contributed by atoms with Gasteiger partial charge in [-0.3, -0.25) is 0 Å². The fourth-order valence-corrected chi connectivity index (χ4v) is 4.58. The molecule has 1 aromatic rings. The summed E-state index contributed by atoms with van der Waals surface area (Å²) >= 11 is 2.14. The van der Waals surface area contributed by atoms with E-state index < -0.39 is 0 Å². The van der Waals surface area contributed by atoms with E-state index >= 15 is 0 Å². The lowest BCUT2D eigenvalue weighted by Crippen LogP contribution is -2.34. The van der Waals surface area contributed by atoms with Crippen molar-refractivity contribution in [3.8, 4) is 0 Å². The lowest BCUT2D eigenvalue weighted by atomic mass is 10.0. The smallest absolute Gasteiger partial charge is 0.0292 e. The average molecular weight is 275 g/mol. The molecular formula is C17H25NS. The van der Waals surface area contributed by atoms with Crippen LogP contribution in [0.25, 0.3) is 0 Å². The van der Waals surface area contributed by atoms with E-state index in [1.165, 1.54) is 43.4 Å². The minimum absolute atomic E-state index is 0.463. The van der Waals surface area contributed by atoms with E-state index in [0.29, 0.717) is 10.8 Å². The second-order valence-corrected chi connectivity index (χ2v) is 8.07. The first kappa shape index (κ1) is 13.5. The molecule has 0 spiro atoms. The Kier molecular flexibility index (Phi) is 3.91. The van der Waals surface area contributed by atoms with E-state index in [4.69, 9.17) is 0 Å². The normalized spacial score (nSPS) is 27.5. The zero-order valence-corrected chi connectivity index (χ0v) is 13.0. The van der Waals surface area contributed by atoms with Crippen molar-refractivity contribution in [1.29, 1.82) is 0 Å². The number of nitrogens with one attached hydrogen (secondary N) is 1. The lowest BCUT2D eigenvalue weighted by molar-refractivity contribution is 0.490. The van der Waals surface area contributed by atoms with Crippen LogP contribution in [0.5, 0.6) is 0 Å². The summed E-state index contributed by atoms with van der Waals surface area (Å²) in [6.45, 7) is 5.85. The highest BCUT2D eigenvalue weighted by Gasteiger charge is 2.29. The summed E-state index contributed by atoms with van der Waals surface area (Å²) in [5.41, 5.74) is 4.63. The summed E-state index contributed by atoms with van der Waals surface area (Å²) in [5.74, 6) is 1.34. The number of benzene rings is 1. The van der Waals surface area contributed by atoms with E-state index in [1.54, 1.807) is 11.1 Å². The lowest BCUT2D eigenvalue weighted by Gasteiger charge is -2.26. The molecule has 1 nitrogen and oxygen atoms in total. The van der Waals surface area contributed by atoms with Crippen molar-refractivity contribution in [1.82, 2.24) is 5.32 Å². The highest BCUT2D eigenvalue weighted by molar-refractivity contribution is 8.00. The van der Waals surface area contributed by atoms with Gasteiger partial charge in [-0.25, -0.2) is 0 Å². The van der Waals surface area contributed by atoms with Gasteiger partial charge in [0.25, 0.3) is 0 Å². The van der Waals surface area contributed by atoms with Crippen molar-refractivity contribution >= 4 is 11.8 Å². The Bertz CT molecular complexity index is 449. The Morgan fingerprint density at radius 1 is 1.26 bits per heavy atom. The molecule has 2 aliphatic rings. The van der Waals surface area contributed by atoms with Crippen molar-refractivity contribution in [3.05, 3.63) is 34.9 Å². The first-order valence-corrected chi connectivity index (χ1v) is 8.64. The second kappa shape index (κ2) is 5.49. The third kappa shape index (κ3) is 3.00. The number of hydrogen-bond donors (Lipinski definition) is 1. The summed E-state index contributed by atoms with van der Waals surface area (Å²) < 4.78 is 0.463. The molecule has 0 bridgehead atoms. The monoisotopic (exact) mass is 275 g/mol. The molecule has 0 aromatic heterocycles. The number of fused-ring (bicyclic) bond motifs is 1. The van der Waals surface area contributed by atoms with Crippen LogP contribution in [-0.4, -0.2) is 17.0 Å². The van der Waals surface area contributed by atoms with Crippen LogP contribution in [0.15, 0.2) is 18.2 Å². The van der Waals surface area contributed by atoms with Crippen LogP contribution >= 0.6 is 11.8 Å². The Hall–Kier alpha value is -0.470. The number of aryl methyl sites for hydroxylation is 2. The molecule has 19 heavy (non-hydrogen) atoms. The maximum Gasteiger partial charge on any atom is 0.0292 e. The second-order valence-electron chi connectivity index (χ2n) is 6.39. The predicted molar refractivity (Wildman–Crippen MR) is 85.0 cm³/mol. The van der Waals surface area contributed by atoms with Gasteiger partial charge in [-0.1, -0.05) is 18.2 Å². The first-order chi connectivity index (χ1) is 9.16. The zero-order valence-electron chi connectivity index (χ0n) is 12.2. The minimum atomic E-state index is 0.463. The maximum absolute atomic E-state index is 3.75. The van der Waals surface area contributed by atoms with Gasteiger partial charge in [0, 0.05) is 17.3 Å². The molecule has 0 amide bonds. The third-order valence-electron chi connectivity index (χ3n) is 4.71. The maximum atomic E-state index is 3.75. The SMILES string of the molecule is CC(NCC1(C)CCCS1)c1ccc2c(c1)CCC2. The average Bonchev–Trinajstić information content (AvgIpc) is 3.04. The van der Waals surface area contributed by atoms with Gasteiger partial charge in [0.2, 0.25) is 0 Å². The fraction of sp³-hybridized carbons (Fsp3) is 0.647. The highest BCUT2D eigenvalue weighted by Crippen LogP contribution is 2.37. The third-order valence-corrected chi connectivity index (χ3v) is 6.24. The van der Waals surface area contributed by atoms with Gasteiger partial charge < -0.3 is 5.32 Å². The van der Waals surface area contributed by atoms with E-state index in [9.17, 15) is 0 Å². The molecule has 1 N–H and O–H groups in total. The number of thioether (sulfide) groups is 1. The summed E-state index contributed by atoms with van der Waals surface area (Å²) in [7, 11) is 0. The molecule has 1 saturated heterocycles. The molecule has 1 aromatic carbocycles. The van der Waals surface area contributed by atoms with Crippen molar-refractivity contribution in [2.24, 2.45) is 0 Å². The molecule has 0 saturated carbocycles. The Morgan fingerprint density at radius 2 is 2.11 bits per heavy atom. The van der Waals surface area contributed by atoms with Crippen LogP contribution in [0.3, 0.4) is 0 Å². The van der Waals surface area contributed by atoms with Gasteiger partial charge in [0.15, 0.2) is 0 Å². The van der Waals surface area contributed by atoms with E-state index in [2.05, 4.69) is 49.1 Å². The van der Waals surface area contributed by atoms with Crippen LogP contribution < -0.4 is 5.32 Å². The standard InChI is InChI=1S/C17H25NS/c1-13(18-12-17(2)9-4-10-19-17)15-8-7-14-5-3-6-16(14)11-15/h7-8,11,13,18H,3-6,9-10,12H2,1-2H3. The molecule has 3 rings (SSSR count). The largest absolute Gasteiger partial charge is 0.309 e. The van der Waals surface area contributed by atoms with Crippen LogP contribution in [-0.2, 0) is 12.8 Å². The topological polar surface area (TPSA) is 12.0 Å². The Morgan fingerprint density at radius 3 is 2.89 bits per heavy atom. The van der Waals surface area contributed by atoms with Gasteiger partial charge in [-0.05, 0) is 68.4 Å². The number of hydrogen-bond acceptors (Lipinski definition) is 2. The van der Waals surface area contributed by atoms with Gasteiger partial charge in [-0.15, -0.1) is 0 Å². The summed E-state index contributed by atoms with van der Waals surface area (Å²) in [4.78, 5) is 0. The van der Waals surface area contributed by atoms with Crippen LogP contribution in [0.2, 0.25) is 0 Å². The molecule has 2 heteroatoms. The van der Waals surface area contributed by atoms with Crippen LogP contribution in [0.1, 0.15) is 55.8 Å². The molecule has 104 valence electrons. The van der Waals surface area contributed by atoms with Crippen molar-refractivity contribution < 1.29 is 0 Å².